The third-order valence-corrected chi connectivity index (χ3v) is 5.19. The Labute approximate surface area is 176 Å². The molecule has 1 fully saturated rings. The average Bonchev–Trinajstić information content (AvgIpc) is 3.26. The molecule has 0 saturated carbocycles. The molecule has 0 atom stereocenters. The van der Waals surface area contributed by atoms with Crippen LogP contribution in [0.15, 0.2) is 47.1 Å². The van der Waals surface area contributed by atoms with Gasteiger partial charge in [-0.3, -0.25) is 14.4 Å². The molecule has 7 nitrogen and oxygen atoms in total. The summed E-state index contributed by atoms with van der Waals surface area (Å²) in [5, 5.41) is 5.76. The Morgan fingerprint density at radius 3 is 2.47 bits per heavy atom. The van der Waals surface area contributed by atoms with Gasteiger partial charge in [0.05, 0.1) is 6.26 Å². The summed E-state index contributed by atoms with van der Waals surface area (Å²) in [4.78, 5) is 38.9. The van der Waals surface area contributed by atoms with E-state index in [1.165, 1.54) is 6.26 Å². The summed E-state index contributed by atoms with van der Waals surface area (Å²) in [6, 6.07) is 10.6. The molecule has 1 aliphatic heterocycles. The number of carbonyl (C=O) groups is 3. The summed E-state index contributed by atoms with van der Waals surface area (Å²) in [5.41, 5.74) is 1.13. The fourth-order valence-corrected chi connectivity index (χ4v) is 3.51. The maximum Gasteiger partial charge on any atom is 0.291 e. The van der Waals surface area contributed by atoms with Crippen LogP contribution in [0.4, 0.5) is 5.69 Å². The Bertz CT molecular complexity index is 891. The van der Waals surface area contributed by atoms with Crippen LogP contribution in [0, 0.1) is 11.3 Å². The fourth-order valence-electron chi connectivity index (χ4n) is 3.51. The Hall–Kier alpha value is -3.09. The van der Waals surface area contributed by atoms with Gasteiger partial charge in [0, 0.05) is 36.7 Å². The smallest absolute Gasteiger partial charge is 0.291 e. The number of piperidine rings is 1. The van der Waals surface area contributed by atoms with Crippen LogP contribution in [0.5, 0.6) is 0 Å². The second kappa shape index (κ2) is 9.15. The molecule has 1 aromatic carbocycles. The van der Waals surface area contributed by atoms with Gasteiger partial charge in [-0.15, -0.1) is 0 Å². The highest BCUT2D eigenvalue weighted by molar-refractivity contribution is 6.02. The van der Waals surface area contributed by atoms with Crippen LogP contribution in [-0.4, -0.2) is 35.7 Å². The molecule has 0 aliphatic carbocycles. The van der Waals surface area contributed by atoms with E-state index in [1.807, 2.05) is 43.9 Å². The fraction of sp³-hybridized carbons (Fsp3) is 0.435. The Morgan fingerprint density at radius 2 is 1.83 bits per heavy atom. The van der Waals surface area contributed by atoms with Gasteiger partial charge in [-0.05, 0) is 42.7 Å². The van der Waals surface area contributed by atoms with Crippen LogP contribution in [0.3, 0.4) is 0 Å². The first kappa shape index (κ1) is 21.6. The lowest BCUT2D eigenvalue weighted by Gasteiger charge is -2.35. The monoisotopic (exact) mass is 411 g/mol. The molecule has 2 aromatic rings. The highest BCUT2D eigenvalue weighted by Gasteiger charge is 2.32. The Morgan fingerprint density at radius 1 is 1.10 bits per heavy atom. The lowest BCUT2D eigenvalue weighted by atomic mass is 9.90. The maximum absolute atomic E-state index is 12.6. The van der Waals surface area contributed by atoms with Crippen LogP contribution >= 0.6 is 0 Å². The molecular weight excluding hydrogens is 382 g/mol. The van der Waals surface area contributed by atoms with Crippen molar-refractivity contribution < 1.29 is 18.8 Å². The Balaban J connectivity index is 1.48. The largest absolute Gasteiger partial charge is 0.459 e. The quantitative estimate of drug-likeness (QED) is 0.788. The third kappa shape index (κ3) is 5.49. The van der Waals surface area contributed by atoms with E-state index in [2.05, 4.69) is 10.6 Å². The number of likely N-dealkylation sites (tertiary alicyclic amines) is 1. The van der Waals surface area contributed by atoms with E-state index in [-0.39, 0.29) is 29.4 Å². The summed E-state index contributed by atoms with van der Waals surface area (Å²) in [5.74, 6) is -0.0313. The molecule has 1 aromatic heterocycles. The standard InChI is InChI=1S/C23H29N3O4/c1-23(2,3)22(29)26-11-9-17(10-12-26)20(27)24-15-16-6-4-7-18(14-16)25-21(28)19-8-5-13-30-19/h4-8,13-14,17H,9-12,15H2,1-3H3,(H,24,27)(H,25,28). The number of rotatable bonds is 5. The van der Waals surface area contributed by atoms with Crippen molar-refractivity contribution in [2.24, 2.45) is 11.3 Å². The number of nitrogens with one attached hydrogen (secondary N) is 2. The molecule has 0 spiro atoms. The predicted octanol–water partition coefficient (Wildman–Crippen LogP) is 3.43. The van der Waals surface area contributed by atoms with Gasteiger partial charge < -0.3 is 20.0 Å². The number of hydrogen-bond donors (Lipinski definition) is 2. The zero-order valence-corrected chi connectivity index (χ0v) is 17.7. The summed E-state index contributed by atoms with van der Waals surface area (Å²) in [6.07, 6.45) is 2.80. The van der Waals surface area contributed by atoms with Crippen molar-refractivity contribution in [1.29, 1.82) is 0 Å². The first-order chi connectivity index (χ1) is 14.2. The van der Waals surface area contributed by atoms with Gasteiger partial charge >= 0.3 is 0 Å². The number of nitrogens with zero attached hydrogens (tertiary/aromatic N) is 1. The topological polar surface area (TPSA) is 91.7 Å². The lowest BCUT2D eigenvalue weighted by Crippen LogP contribution is -2.46. The molecule has 3 rings (SSSR count). The van der Waals surface area contributed by atoms with Crippen LogP contribution in [0.1, 0.15) is 49.7 Å². The van der Waals surface area contributed by atoms with Crippen molar-refractivity contribution in [3.8, 4) is 0 Å². The van der Waals surface area contributed by atoms with Crippen molar-refractivity contribution in [2.75, 3.05) is 18.4 Å². The second-order valence-electron chi connectivity index (χ2n) is 8.67. The molecule has 160 valence electrons. The van der Waals surface area contributed by atoms with Crippen molar-refractivity contribution in [3.05, 3.63) is 54.0 Å². The van der Waals surface area contributed by atoms with Crippen LogP contribution < -0.4 is 10.6 Å². The van der Waals surface area contributed by atoms with Gasteiger partial charge in [-0.1, -0.05) is 32.9 Å². The van der Waals surface area contributed by atoms with Gasteiger partial charge in [-0.2, -0.15) is 0 Å². The van der Waals surface area contributed by atoms with Gasteiger partial charge in [-0.25, -0.2) is 0 Å². The van der Waals surface area contributed by atoms with Gasteiger partial charge in [0.25, 0.3) is 5.91 Å². The number of carbonyl (C=O) groups excluding carboxylic acids is 3. The van der Waals surface area contributed by atoms with Crippen molar-refractivity contribution in [1.82, 2.24) is 10.2 Å². The minimum Gasteiger partial charge on any atom is -0.459 e. The molecule has 1 saturated heterocycles. The van der Waals surface area contributed by atoms with E-state index in [0.29, 0.717) is 38.2 Å². The third-order valence-electron chi connectivity index (χ3n) is 5.19. The zero-order chi connectivity index (χ0) is 21.7. The van der Waals surface area contributed by atoms with Crippen molar-refractivity contribution in [3.63, 3.8) is 0 Å². The number of anilines is 1. The summed E-state index contributed by atoms with van der Waals surface area (Å²) in [6.45, 7) is 7.35. The number of benzene rings is 1. The van der Waals surface area contributed by atoms with Crippen LogP contribution in [0.25, 0.3) is 0 Å². The van der Waals surface area contributed by atoms with E-state index >= 15 is 0 Å². The molecule has 30 heavy (non-hydrogen) atoms. The first-order valence-electron chi connectivity index (χ1n) is 10.2. The van der Waals surface area contributed by atoms with Crippen molar-refractivity contribution >= 4 is 23.4 Å². The van der Waals surface area contributed by atoms with Gasteiger partial charge in [0.2, 0.25) is 11.8 Å². The Kier molecular flexibility index (Phi) is 6.59. The van der Waals surface area contributed by atoms with Gasteiger partial charge in [0.15, 0.2) is 5.76 Å². The molecule has 0 unspecified atom stereocenters. The molecule has 1 aliphatic rings. The van der Waals surface area contributed by atoms with Crippen LogP contribution in [-0.2, 0) is 16.1 Å². The van der Waals surface area contributed by atoms with Gasteiger partial charge in [0.1, 0.15) is 0 Å². The summed E-state index contributed by atoms with van der Waals surface area (Å²) in [7, 11) is 0. The van der Waals surface area contributed by atoms with E-state index in [0.717, 1.165) is 5.56 Å². The average molecular weight is 412 g/mol. The summed E-state index contributed by atoms with van der Waals surface area (Å²) >= 11 is 0. The molecule has 0 radical (unpaired) electrons. The molecule has 2 N–H and O–H groups in total. The first-order valence-corrected chi connectivity index (χ1v) is 10.2. The van der Waals surface area contributed by atoms with Crippen molar-refractivity contribution in [2.45, 2.75) is 40.2 Å². The lowest BCUT2D eigenvalue weighted by molar-refractivity contribution is -0.142. The number of amides is 3. The van der Waals surface area contributed by atoms with E-state index in [1.54, 1.807) is 18.2 Å². The highest BCUT2D eigenvalue weighted by atomic mass is 16.3. The molecule has 7 heteroatoms. The molecule has 2 heterocycles. The summed E-state index contributed by atoms with van der Waals surface area (Å²) < 4.78 is 5.09. The van der Waals surface area contributed by atoms with E-state index < -0.39 is 5.41 Å². The maximum atomic E-state index is 12.6. The van der Waals surface area contributed by atoms with Crippen LogP contribution in [0.2, 0.25) is 0 Å². The normalized spacial score (nSPS) is 15.0. The minimum atomic E-state index is -0.396. The molecular formula is C23H29N3O4. The zero-order valence-electron chi connectivity index (χ0n) is 17.7. The second-order valence-corrected chi connectivity index (χ2v) is 8.67. The number of hydrogen-bond acceptors (Lipinski definition) is 4. The number of furan rings is 1. The highest BCUT2D eigenvalue weighted by Crippen LogP contribution is 2.24. The molecule has 0 bridgehead atoms. The molecule has 3 amide bonds. The van der Waals surface area contributed by atoms with E-state index in [4.69, 9.17) is 4.42 Å². The predicted molar refractivity (Wildman–Crippen MR) is 114 cm³/mol. The minimum absolute atomic E-state index is 0.00267. The van der Waals surface area contributed by atoms with E-state index in [9.17, 15) is 14.4 Å². The SMILES string of the molecule is CC(C)(C)C(=O)N1CCC(C(=O)NCc2cccc(NC(=O)c3ccco3)c2)CC1.